The van der Waals surface area contributed by atoms with Gasteiger partial charge in [-0.25, -0.2) is 4.98 Å². The fourth-order valence-electron chi connectivity index (χ4n) is 4.26. The average Bonchev–Trinajstić information content (AvgIpc) is 3.16. The highest BCUT2D eigenvalue weighted by Gasteiger charge is 2.19. The third kappa shape index (κ3) is 4.05. The second-order valence-electron chi connectivity index (χ2n) is 7.88. The summed E-state index contributed by atoms with van der Waals surface area (Å²) in [7, 11) is 1.56. The van der Waals surface area contributed by atoms with Crippen LogP contribution in [0.5, 0.6) is 11.5 Å². The minimum Gasteiger partial charge on any atom is -0.496 e. The van der Waals surface area contributed by atoms with Gasteiger partial charge in [-0.3, -0.25) is 9.36 Å². The van der Waals surface area contributed by atoms with Crippen LogP contribution in [0.2, 0.25) is 0 Å². The fourth-order valence-corrected chi connectivity index (χ4v) is 4.26. The van der Waals surface area contributed by atoms with Gasteiger partial charge in [-0.15, -0.1) is 0 Å². The van der Waals surface area contributed by atoms with Crippen LogP contribution >= 0.6 is 0 Å². The lowest BCUT2D eigenvalue weighted by atomic mass is 10.2. The van der Waals surface area contributed by atoms with E-state index < -0.39 is 0 Å². The summed E-state index contributed by atoms with van der Waals surface area (Å²) in [6, 6.07) is 13.8. The Kier molecular flexibility index (Phi) is 6.04. The first-order valence-electron chi connectivity index (χ1n) is 10.6. The van der Waals surface area contributed by atoms with Crippen LogP contribution in [0, 0.1) is 6.92 Å². The van der Waals surface area contributed by atoms with Crippen molar-refractivity contribution in [3.63, 3.8) is 0 Å². The standard InChI is InChI=1S/C24H29N3O3/c1-17-7-5-14-26(17)15-6-16-30-20-12-10-19(11-13-20)27-18(2)25-21-8-4-9-22(29-3)23(21)24(27)28/h4,8-13,17H,5-7,14-16H2,1-3H3/t17-/m0/s1. The highest BCUT2D eigenvalue weighted by atomic mass is 16.5. The van der Waals surface area contributed by atoms with Crippen molar-refractivity contribution < 1.29 is 9.47 Å². The van der Waals surface area contributed by atoms with Crippen LogP contribution in [0.15, 0.2) is 47.3 Å². The Labute approximate surface area is 177 Å². The van der Waals surface area contributed by atoms with Crippen LogP contribution in [0.25, 0.3) is 16.6 Å². The highest BCUT2D eigenvalue weighted by Crippen LogP contribution is 2.23. The molecule has 0 amide bonds. The van der Waals surface area contributed by atoms with E-state index in [9.17, 15) is 4.79 Å². The molecule has 0 unspecified atom stereocenters. The van der Waals surface area contributed by atoms with E-state index in [1.165, 1.54) is 19.4 Å². The summed E-state index contributed by atoms with van der Waals surface area (Å²) in [6.45, 7) is 7.11. The van der Waals surface area contributed by atoms with Gasteiger partial charge < -0.3 is 14.4 Å². The maximum Gasteiger partial charge on any atom is 0.269 e. The first-order valence-corrected chi connectivity index (χ1v) is 10.6. The van der Waals surface area contributed by atoms with Gasteiger partial charge in [-0.2, -0.15) is 0 Å². The van der Waals surface area contributed by atoms with Gasteiger partial charge in [0.05, 0.1) is 24.9 Å². The number of methoxy groups -OCH3 is 1. The monoisotopic (exact) mass is 407 g/mol. The smallest absolute Gasteiger partial charge is 0.269 e. The minimum atomic E-state index is -0.136. The molecule has 6 nitrogen and oxygen atoms in total. The number of ether oxygens (including phenoxy) is 2. The van der Waals surface area contributed by atoms with Gasteiger partial charge >= 0.3 is 0 Å². The van der Waals surface area contributed by atoms with Crippen molar-refractivity contribution in [1.29, 1.82) is 0 Å². The van der Waals surface area contributed by atoms with E-state index in [0.29, 0.717) is 35.1 Å². The van der Waals surface area contributed by atoms with Crippen LogP contribution in [-0.4, -0.2) is 47.3 Å². The average molecular weight is 408 g/mol. The molecule has 0 spiro atoms. The predicted molar refractivity (Wildman–Crippen MR) is 119 cm³/mol. The molecule has 0 N–H and O–H groups in total. The van der Waals surface area contributed by atoms with Gasteiger partial charge in [0.1, 0.15) is 22.7 Å². The summed E-state index contributed by atoms with van der Waals surface area (Å²) in [5, 5.41) is 0.488. The number of hydrogen-bond acceptors (Lipinski definition) is 5. The minimum absolute atomic E-state index is 0.136. The molecule has 0 bridgehead atoms. The molecule has 4 rings (SSSR count). The third-order valence-electron chi connectivity index (χ3n) is 5.89. The Morgan fingerprint density at radius 2 is 1.97 bits per heavy atom. The molecule has 158 valence electrons. The second kappa shape index (κ2) is 8.88. The molecule has 1 aliphatic rings. The molecule has 1 atom stereocenters. The Morgan fingerprint density at radius 1 is 1.17 bits per heavy atom. The lowest BCUT2D eigenvalue weighted by molar-refractivity contribution is 0.230. The Bertz CT molecular complexity index is 1080. The molecule has 0 radical (unpaired) electrons. The van der Waals surface area contributed by atoms with Gasteiger partial charge in [-0.05, 0) is 76.1 Å². The topological polar surface area (TPSA) is 56.6 Å². The molecule has 1 saturated heterocycles. The largest absolute Gasteiger partial charge is 0.496 e. The van der Waals surface area contributed by atoms with Gasteiger partial charge in [0.15, 0.2) is 0 Å². The van der Waals surface area contributed by atoms with Crippen molar-refractivity contribution in [2.45, 2.75) is 39.2 Å². The van der Waals surface area contributed by atoms with Crippen molar-refractivity contribution in [1.82, 2.24) is 14.5 Å². The molecule has 2 heterocycles. The van der Waals surface area contributed by atoms with Gasteiger partial charge in [0.2, 0.25) is 0 Å². The van der Waals surface area contributed by atoms with Crippen molar-refractivity contribution in [2.75, 3.05) is 26.8 Å². The summed E-state index contributed by atoms with van der Waals surface area (Å²) < 4.78 is 12.9. The van der Waals surface area contributed by atoms with Gasteiger partial charge in [0, 0.05) is 12.6 Å². The molecule has 0 aliphatic carbocycles. The molecular formula is C24H29N3O3. The van der Waals surface area contributed by atoms with Gasteiger partial charge in [0.25, 0.3) is 5.56 Å². The zero-order valence-electron chi connectivity index (χ0n) is 17.9. The molecule has 6 heteroatoms. The second-order valence-corrected chi connectivity index (χ2v) is 7.88. The molecule has 1 aromatic heterocycles. The van der Waals surface area contributed by atoms with E-state index in [4.69, 9.17) is 9.47 Å². The zero-order valence-corrected chi connectivity index (χ0v) is 17.9. The number of aryl methyl sites for hydroxylation is 1. The molecular weight excluding hydrogens is 378 g/mol. The summed E-state index contributed by atoms with van der Waals surface area (Å²) >= 11 is 0. The molecule has 3 aromatic rings. The Morgan fingerprint density at radius 3 is 2.67 bits per heavy atom. The van der Waals surface area contributed by atoms with Crippen molar-refractivity contribution in [2.24, 2.45) is 0 Å². The number of likely N-dealkylation sites (tertiary alicyclic amines) is 1. The quantitative estimate of drug-likeness (QED) is 0.555. The number of nitrogens with zero attached hydrogens (tertiary/aromatic N) is 3. The summed E-state index contributed by atoms with van der Waals surface area (Å²) in [5.74, 6) is 1.98. The number of benzene rings is 2. The molecule has 0 saturated carbocycles. The van der Waals surface area contributed by atoms with Crippen molar-refractivity contribution in [3.8, 4) is 17.2 Å². The summed E-state index contributed by atoms with van der Waals surface area (Å²) in [5.41, 5.74) is 1.26. The predicted octanol–water partition coefficient (Wildman–Crippen LogP) is 3.96. The summed E-state index contributed by atoms with van der Waals surface area (Å²) in [6.07, 6.45) is 3.62. The zero-order chi connectivity index (χ0) is 21.1. The number of aromatic nitrogens is 2. The van der Waals surface area contributed by atoms with Crippen LogP contribution in [0.3, 0.4) is 0 Å². The summed E-state index contributed by atoms with van der Waals surface area (Å²) in [4.78, 5) is 20.3. The van der Waals surface area contributed by atoms with E-state index in [1.54, 1.807) is 17.7 Å². The van der Waals surface area contributed by atoms with E-state index >= 15 is 0 Å². The van der Waals surface area contributed by atoms with Crippen LogP contribution in [-0.2, 0) is 0 Å². The Hall–Kier alpha value is -2.86. The van der Waals surface area contributed by atoms with Gasteiger partial charge in [-0.1, -0.05) is 6.07 Å². The van der Waals surface area contributed by atoms with E-state index in [2.05, 4.69) is 16.8 Å². The lowest BCUT2D eigenvalue weighted by Gasteiger charge is -2.20. The molecule has 1 aliphatic heterocycles. The Balaban J connectivity index is 1.48. The van der Waals surface area contributed by atoms with E-state index in [1.807, 2.05) is 43.3 Å². The molecule has 2 aromatic carbocycles. The SMILES string of the molecule is COc1cccc2nc(C)n(-c3ccc(OCCCN4CCC[C@@H]4C)cc3)c(=O)c12. The highest BCUT2D eigenvalue weighted by molar-refractivity contribution is 5.84. The first kappa shape index (κ1) is 20.4. The van der Waals surface area contributed by atoms with Crippen molar-refractivity contribution >= 4 is 10.9 Å². The maximum absolute atomic E-state index is 13.2. The van der Waals surface area contributed by atoms with Crippen LogP contribution in [0.1, 0.15) is 32.0 Å². The number of hydrogen-bond donors (Lipinski definition) is 0. The van der Waals surface area contributed by atoms with Crippen LogP contribution in [0.4, 0.5) is 0 Å². The normalized spacial score (nSPS) is 16.8. The first-order chi connectivity index (χ1) is 14.6. The number of rotatable bonds is 7. The molecule has 1 fully saturated rings. The van der Waals surface area contributed by atoms with Crippen molar-refractivity contribution in [3.05, 3.63) is 58.6 Å². The van der Waals surface area contributed by atoms with E-state index in [-0.39, 0.29) is 5.56 Å². The number of fused-ring (bicyclic) bond motifs is 1. The molecule has 30 heavy (non-hydrogen) atoms. The maximum atomic E-state index is 13.2. The third-order valence-corrected chi connectivity index (χ3v) is 5.89. The fraction of sp³-hybridized carbons (Fsp3) is 0.417. The van der Waals surface area contributed by atoms with E-state index in [0.717, 1.165) is 24.4 Å². The lowest BCUT2D eigenvalue weighted by Crippen LogP contribution is -2.28. The van der Waals surface area contributed by atoms with Crippen LogP contribution < -0.4 is 15.0 Å².